The molecule has 1 aromatic heterocycles. The molecule has 1 aliphatic carbocycles. The van der Waals surface area contributed by atoms with Crippen LogP contribution in [0.5, 0.6) is 17.2 Å². The molecule has 4 aromatic rings. The number of benzene rings is 3. The van der Waals surface area contributed by atoms with Gasteiger partial charge in [0.2, 0.25) is 5.95 Å². The van der Waals surface area contributed by atoms with Crippen LogP contribution in [0.4, 0.5) is 11.8 Å². The number of ether oxygens (including phenoxy) is 3. The van der Waals surface area contributed by atoms with E-state index in [1.54, 1.807) is 27.5 Å². The van der Waals surface area contributed by atoms with Crippen molar-refractivity contribution in [2.75, 3.05) is 38.6 Å². The molecule has 9 heteroatoms. The van der Waals surface area contributed by atoms with Gasteiger partial charge in [0.15, 0.2) is 0 Å². The maximum absolute atomic E-state index is 12.6. The van der Waals surface area contributed by atoms with Gasteiger partial charge in [0.05, 0.1) is 26.9 Å². The Morgan fingerprint density at radius 2 is 1.52 bits per heavy atom. The molecule has 0 unspecified atom stereocenters. The second-order valence-electron chi connectivity index (χ2n) is 11.0. The summed E-state index contributed by atoms with van der Waals surface area (Å²) in [5.74, 6) is 2.09. The monoisotopic (exact) mass is 596 g/mol. The van der Waals surface area contributed by atoms with Crippen LogP contribution in [-0.2, 0) is 11.2 Å². The summed E-state index contributed by atoms with van der Waals surface area (Å²) in [6, 6.07) is 20.4. The van der Waals surface area contributed by atoms with Crippen molar-refractivity contribution in [3.63, 3.8) is 0 Å². The zero-order chi connectivity index (χ0) is 31.1. The molecular weight excluding hydrogens is 556 g/mol. The molecule has 1 fully saturated rings. The van der Waals surface area contributed by atoms with Crippen LogP contribution >= 0.6 is 0 Å². The predicted molar refractivity (Wildman–Crippen MR) is 173 cm³/mol. The fourth-order valence-corrected chi connectivity index (χ4v) is 5.89. The van der Waals surface area contributed by atoms with E-state index in [1.807, 2.05) is 73.8 Å². The Hall–Kier alpha value is -4.79. The van der Waals surface area contributed by atoms with Gasteiger partial charge in [-0.15, -0.1) is 0 Å². The van der Waals surface area contributed by atoms with Gasteiger partial charge >= 0.3 is 5.97 Å². The summed E-state index contributed by atoms with van der Waals surface area (Å²) in [6.45, 7) is 0. The van der Waals surface area contributed by atoms with Gasteiger partial charge in [0, 0.05) is 36.8 Å². The quantitative estimate of drug-likeness (QED) is 0.184. The molecule has 0 aliphatic heterocycles. The van der Waals surface area contributed by atoms with Gasteiger partial charge in [-0.05, 0) is 42.2 Å². The zero-order valence-corrected chi connectivity index (χ0v) is 25.7. The lowest BCUT2D eigenvalue weighted by atomic mass is 9.95. The molecule has 0 radical (unpaired) electrons. The molecule has 0 saturated heterocycles. The second kappa shape index (κ2) is 14.1. The van der Waals surface area contributed by atoms with Crippen molar-refractivity contribution in [3.8, 4) is 39.5 Å². The summed E-state index contributed by atoms with van der Waals surface area (Å²) in [5, 5.41) is 13.6. The Bertz CT molecular complexity index is 1550. The summed E-state index contributed by atoms with van der Waals surface area (Å²) in [7, 11) is 6.88. The number of carboxylic acids is 1. The number of carbonyl (C=O) groups is 1. The van der Waals surface area contributed by atoms with Crippen molar-refractivity contribution in [1.82, 2.24) is 9.97 Å². The van der Waals surface area contributed by atoms with Crippen molar-refractivity contribution in [1.29, 1.82) is 0 Å². The van der Waals surface area contributed by atoms with E-state index in [1.165, 1.54) is 19.3 Å². The van der Waals surface area contributed by atoms with Gasteiger partial charge in [0.25, 0.3) is 0 Å². The van der Waals surface area contributed by atoms with E-state index in [0.717, 1.165) is 35.1 Å². The molecule has 1 aliphatic rings. The average molecular weight is 597 g/mol. The molecule has 2 N–H and O–H groups in total. The molecule has 3 aromatic carbocycles. The fraction of sp³-hybridized carbons (Fsp3) is 0.343. The summed E-state index contributed by atoms with van der Waals surface area (Å²) < 4.78 is 16.8. The first-order valence-corrected chi connectivity index (χ1v) is 15.0. The molecule has 1 atom stereocenters. The SMILES string of the molecule is COc1ccccc1-c1cnc(N(C)C2CCCCC2)nc1N[C@@H](Cc1ccc(-c2c(OC)cccc2OC)cc1)C(=O)O. The van der Waals surface area contributed by atoms with Crippen molar-refractivity contribution in [2.24, 2.45) is 0 Å². The zero-order valence-electron chi connectivity index (χ0n) is 25.7. The lowest BCUT2D eigenvalue weighted by Crippen LogP contribution is -2.35. The first-order valence-electron chi connectivity index (χ1n) is 15.0. The first kappa shape index (κ1) is 30.7. The number of carboxylic acid groups (broad SMARTS) is 1. The van der Waals surface area contributed by atoms with Gasteiger partial charge in [-0.1, -0.05) is 67.8 Å². The number of aromatic nitrogens is 2. The second-order valence-corrected chi connectivity index (χ2v) is 11.0. The highest BCUT2D eigenvalue weighted by Gasteiger charge is 2.25. The smallest absolute Gasteiger partial charge is 0.326 e. The van der Waals surface area contributed by atoms with Crippen LogP contribution in [0.2, 0.25) is 0 Å². The summed E-state index contributed by atoms with van der Waals surface area (Å²) >= 11 is 0. The normalized spacial score (nSPS) is 14.0. The minimum atomic E-state index is -0.979. The Kier molecular flexibility index (Phi) is 9.84. The van der Waals surface area contributed by atoms with Crippen molar-refractivity contribution >= 4 is 17.7 Å². The molecule has 5 rings (SSSR count). The summed E-state index contributed by atoms with van der Waals surface area (Å²) in [6.07, 6.45) is 7.79. The van der Waals surface area contributed by atoms with Crippen LogP contribution < -0.4 is 24.4 Å². The summed E-state index contributed by atoms with van der Waals surface area (Å²) in [5.41, 5.74) is 4.06. The van der Waals surface area contributed by atoms with Crippen LogP contribution in [0.15, 0.2) is 72.9 Å². The molecule has 0 bridgehead atoms. The third kappa shape index (κ3) is 6.72. The minimum Gasteiger partial charge on any atom is -0.496 e. The highest BCUT2D eigenvalue weighted by Crippen LogP contribution is 2.39. The van der Waals surface area contributed by atoms with E-state index < -0.39 is 12.0 Å². The van der Waals surface area contributed by atoms with E-state index in [0.29, 0.717) is 40.6 Å². The largest absolute Gasteiger partial charge is 0.496 e. The number of methoxy groups -OCH3 is 3. The topological polar surface area (TPSA) is 106 Å². The molecule has 9 nitrogen and oxygen atoms in total. The fourth-order valence-electron chi connectivity index (χ4n) is 5.89. The maximum Gasteiger partial charge on any atom is 0.326 e. The van der Waals surface area contributed by atoms with E-state index >= 15 is 0 Å². The number of hydrogen-bond donors (Lipinski definition) is 2. The highest BCUT2D eigenvalue weighted by atomic mass is 16.5. The number of anilines is 2. The molecule has 0 spiro atoms. The van der Waals surface area contributed by atoms with E-state index in [2.05, 4.69) is 10.2 Å². The van der Waals surface area contributed by atoms with Crippen LogP contribution in [0.3, 0.4) is 0 Å². The van der Waals surface area contributed by atoms with Crippen LogP contribution in [0, 0.1) is 0 Å². The lowest BCUT2D eigenvalue weighted by molar-refractivity contribution is -0.137. The molecule has 1 heterocycles. The molecular formula is C35H40N4O5. The third-order valence-electron chi connectivity index (χ3n) is 8.33. The molecule has 1 saturated carbocycles. The first-order chi connectivity index (χ1) is 21.4. The van der Waals surface area contributed by atoms with Crippen molar-refractivity contribution < 1.29 is 24.1 Å². The highest BCUT2D eigenvalue weighted by molar-refractivity contribution is 5.84. The lowest BCUT2D eigenvalue weighted by Gasteiger charge is -2.31. The number of rotatable bonds is 12. The van der Waals surface area contributed by atoms with Gasteiger partial charge < -0.3 is 29.5 Å². The Labute approximate surface area is 258 Å². The minimum absolute atomic E-state index is 0.238. The van der Waals surface area contributed by atoms with Crippen LogP contribution in [0.25, 0.3) is 22.3 Å². The van der Waals surface area contributed by atoms with E-state index in [-0.39, 0.29) is 6.42 Å². The Morgan fingerprint density at radius 3 is 2.16 bits per heavy atom. The van der Waals surface area contributed by atoms with Crippen LogP contribution in [-0.4, -0.2) is 61.5 Å². The third-order valence-corrected chi connectivity index (χ3v) is 8.33. The number of hydrogen-bond acceptors (Lipinski definition) is 8. The molecule has 44 heavy (non-hydrogen) atoms. The molecule has 230 valence electrons. The van der Waals surface area contributed by atoms with Gasteiger partial charge in [-0.25, -0.2) is 9.78 Å². The Balaban J connectivity index is 1.46. The summed E-state index contributed by atoms with van der Waals surface area (Å²) in [4.78, 5) is 24.4. The van der Waals surface area contributed by atoms with Crippen molar-refractivity contribution in [2.45, 2.75) is 50.6 Å². The van der Waals surface area contributed by atoms with E-state index in [4.69, 9.17) is 24.2 Å². The number of nitrogens with zero attached hydrogens (tertiary/aromatic N) is 3. The van der Waals surface area contributed by atoms with E-state index in [9.17, 15) is 9.90 Å². The number of nitrogens with one attached hydrogen (secondary N) is 1. The number of para-hydroxylation sites is 1. The average Bonchev–Trinajstić information content (AvgIpc) is 3.07. The van der Waals surface area contributed by atoms with Gasteiger partial charge in [-0.3, -0.25) is 0 Å². The van der Waals surface area contributed by atoms with Crippen molar-refractivity contribution in [3.05, 3.63) is 78.5 Å². The Morgan fingerprint density at radius 1 is 0.886 bits per heavy atom. The predicted octanol–water partition coefficient (Wildman–Crippen LogP) is 6.71. The standard InChI is InChI=1S/C35H40N4O5/c1-39(25-11-6-5-7-12-25)35-36-22-27(26-13-8-9-14-29(26)42-2)33(38-35)37-28(34(40)41)21-23-17-19-24(20-18-23)32-30(43-3)15-10-16-31(32)44-4/h8-10,13-20,22,25,28H,5-7,11-12,21H2,1-4H3,(H,40,41)(H,36,37,38)/t28-/m0/s1. The number of aliphatic carboxylic acids is 1. The maximum atomic E-state index is 12.6. The van der Waals surface area contributed by atoms with Gasteiger partial charge in [-0.2, -0.15) is 4.98 Å². The van der Waals surface area contributed by atoms with Crippen LogP contribution in [0.1, 0.15) is 37.7 Å². The molecule has 0 amide bonds. The van der Waals surface area contributed by atoms with Gasteiger partial charge in [0.1, 0.15) is 29.1 Å².